The van der Waals surface area contributed by atoms with E-state index in [9.17, 15) is 4.79 Å². The second-order valence-corrected chi connectivity index (χ2v) is 7.46. The van der Waals surface area contributed by atoms with Crippen LogP contribution in [0.2, 0.25) is 0 Å². The summed E-state index contributed by atoms with van der Waals surface area (Å²) in [6.45, 7) is 2.87. The number of aliphatic imine (C=N–C) groups is 1. The van der Waals surface area contributed by atoms with Crippen LogP contribution in [0.5, 0.6) is 0 Å². The topological polar surface area (TPSA) is 88.6 Å². The van der Waals surface area contributed by atoms with Crippen molar-refractivity contribution >= 4 is 27.9 Å². The standard InChI is InChI=1S/C18H19BrN4O3/c1-11-7-13-9-25-17(22-15(24)12-5-3-2-4-6-12)23-18(13,10-26-11)16-20-8-14(19)21-16/h2-6,8,11,13H,7,9-10H2,1H3,(H,20,21)(H,22,23,24)/t11-,13?,18?/m0/s1. The lowest BCUT2D eigenvalue weighted by Gasteiger charge is -2.44. The molecule has 0 saturated carbocycles. The van der Waals surface area contributed by atoms with Gasteiger partial charge in [0.2, 0.25) is 0 Å². The van der Waals surface area contributed by atoms with E-state index in [-0.39, 0.29) is 24.0 Å². The maximum Gasteiger partial charge on any atom is 0.292 e. The number of ether oxygens (including phenoxy) is 2. The number of H-pyrrole nitrogens is 1. The van der Waals surface area contributed by atoms with Crippen LogP contribution in [0.3, 0.4) is 0 Å². The number of aromatic nitrogens is 2. The van der Waals surface area contributed by atoms with Gasteiger partial charge in [0, 0.05) is 11.5 Å². The lowest BCUT2D eigenvalue weighted by molar-refractivity contribution is -0.0766. The van der Waals surface area contributed by atoms with Gasteiger partial charge in [-0.3, -0.25) is 10.1 Å². The first kappa shape index (κ1) is 17.2. The van der Waals surface area contributed by atoms with Gasteiger partial charge in [0.1, 0.15) is 10.4 Å². The zero-order chi connectivity index (χ0) is 18.1. The van der Waals surface area contributed by atoms with Crippen LogP contribution in [0.4, 0.5) is 0 Å². The van der Waals surface area contributed by atoms with Gasteiger partial charge >= 0.3 is 0 Å². The van der Waals surface area contributed by atoms with Gasteiger partial charge < -0.3 is 14.5 Å². The molecule has 1 fully saturated rings. The maximum atomic E-state index is 12.4. The van der Waals surface area contributed by atoms with Crippen LogP contribution < -0.4 is 5.32 Å². The Morgan fingerprint density at radius 2 is 2.19 bits per heavy atom. The first-order chi connectivity index (χ1) is 12.6. The maximum absolute atomic E-state index is 12.4. The van der Waals surface area contributed by atoms with Gasteiger partial charge in [-0.2, -0.15) is 0 Å². The fourth-order valence-corrected chi connectivity index (χ4v) is 3.72. The van der Waals surface area contributed by atoms with Gasteiger partial charge in [-0.15, -0.1) is 0 Å². The zero-order valence-electron chi connectivity index (χ0n) is 14.2. The van der Waals surface area contributed by atoms with Crippen molar-refractivity contribution in [3.05, 3.63) is 52.5 Å². The molecule has 1 saturated heterocycles. The molecule has 26 heavy (non-hydrogen) atoms. The Morgan fingerprint density at radius 1 is 1.38 bits per heavy atom. The average Bonchev–Trinajstić information content (AvgIpc) is 3.09. The Balaban J connectivity index is 1.65. The van der Waals surface area contributed by atoms with Crippen LogP contribution in [-0.2, 0) is 15.0 Å². The summed E-state index contributed by atoms with van der Waals surface area (Å²) in [6, 6.07) is 9.17. The fraction of sp³-hybridized carbons (Fsp3) is 0.389. The zero-order valence-corrected chi connectivity index (χ0v) is 15.8. The number of carbonyl (C=O) groups excluding carboxylic acids is 1. The highest BCUT2D eigenvalue weighted by molar-refractivity contribution is 9.10. The number of rotatable bonds is 2. The van der Waals surface area contributed by atoms with Gasteiger partial charge in [-0.25, -0.2) is 9.98 Å². The number of amides is 1. The molecule has 4 rings (SSSR count). The van der Waals surface area contributed by atoms with E-state index in [1.807, 2.05) is 25.1 Å². The number of imidazole rings is 1. The molecule has 3 heterocycles. The summed E-state index contributed by atoms with van der Waals surface area (Å²) >= 11 is 3.40. The minimum atomic E-state index is -0.698. The number of halogens is 1. The summed E-state index contributed by atoms with van der Waals surface area (Å²) in [5.74, 6) is 0.557. The van der Waals surface area contributed by atoms with Gasteiger partial charge in [0.25, 0.3) is 11.9 Å². The minimum Gasteiger partial charge on any atom is -0.465 e. The number of fused-ring (bicyclic) bond motifs is 1. The lowest BCUT2D eigenvalue weighted by atomic mass is 9.78. The van der Waals surface area contributed by atoms with E-state index >= 15 is 0 Å². The number of nitrogens with zero attached hydrogens (tertiary/aromatic N) is 2. The molecule has 8 heteroatoms. The molecule has 2 N–H and O–H groups in total. The van der Waals surface area contributed by atoms with Crippen molar-refractivity contribution in [1.82, 2.24) is 15.3 Å². The van der Waals surface area contributed by atoms with Crippen molar-refractivity contribution in [2.24, 2.45) is 10.9 Å². The summed E-state index contributed by atoms with van der Waals surface area (Å²) < 4.78 is 12.4. The highest BCUT2D eigenvalue weighted by atomic mass is 79.9. The molecule has 0 bridgehead atoms. The largest absolute Gasteiger partial charge is 0.465 e. The van der Waals surface area contributed by atoms with E-state index in [1.54, 1.807) is 18.3 Å². The van der Waals surface area contributed by atoms with Crippen molar-refractivity contribution in [1.29, 1.82) is 0 Å². The van der Waals surface area contributed by atoms with E-state index in [4.69, 9.17) is 14.5 Å². The number of nitrogens with one attached hydrogen (secondary N) is 2. The Morgan fingerprint density at radius 3 is 2.92 bits per heavy atom. The van der Waals surface area contributed by atoms with Crippen LogP contribution in [0.1, 0.15) is 29.5 Å². The molecule has 0 spiro atoms. The first-order valence-electron chi connectivity index (χ1n) is 8.48. The van der Waals surface area contributed by atoms with Crippen molar-refractivity contribution in [2.45, 2.75) is 25.0 Å². The smallest absolute Gasteiger partial charge is 0.292 e. The Bertz CT molecular complexity index is 838. The normalized spacial score (nSPS) is 27.8. The Labute approximate surface area is 159 Å². The van der Waals surface area contributed by atoms with E-state index < -0.39 is 5.54 Å². The molecule has 136 valence electrons. The number of carbonyl (C=O) groups is 1. The molecule has 2 unspecified atom stereocenters. The van der Waals surface area contributed by atoms with E-state index in [0.29, 0.717) is 24.6 Å². The van der Waals surface area contributed by atoms with Crippen LogP contribution in [0.25, 0.3) is 0 Å². The predicted octanol–water partition coefficient (Wildman–Crippen LogP) is 2.61. The minimum absolute atomic E-state index is 0.113. The summed E-state index contributed by atoms with van der Waals surface area (Å²) in [4.78, 5) is 24.8. The SMILES string of the molecule is C[C@H]1CC2COC(NC(=O)c3ccccc3)=NC2(c2ncc(Br)[nH]2)CO1. The van der Waals surface area contributed by atoms with Crippen LogP contribution in [-0.4, -0.2) is 41.2 Å². The quantitative estimate of drug-likeness (QED) is 0.784. The van der Waals surface area contributed by atoms with Crippen LogP contribution in [0.15, 0.2) is 46.1 Å². The third-order valence-electron chi connectivity index (χ3n) is 4.81. The summed E-state index contributed by atoms with van der Waals surface area (Å²) in [7, 11) is 0. The number of benzene rings is 1. The summed E-state index contributed by atoms with van der Waals surface area (Å²) in [6.07, 6.45) is 2.64. The number of hydrogen-bond acceptors (Lipinski definition) is 5. The molecule has 2 aromatic rings. The van der Waals surface area contributed by atoms with E-state index in [2.05, 4.69) is 31.2 Å². The van der Waals surface area contributed by atoms with E-state index in [1.165, 1.54) is 0 Å². The van der Waals surface area contributed by atoms with Gasteiger partial charge in [-0.05, 0) is 41.4 Å². The second-order valence-electron chi connectivity index (χ2n) is 6.61. The molecule has 0 aliphatic carbocycles. The molecule has 7 nitrogen and oxygen atoms in total. The lowest BCUT2D eigenvalue weighted by Crippen LogP contribution is -2.53. The van der Waals surface area contributed by atoms with Gasteiger partial charge in [0.05, 0.1) is 25.5 Å². The summed E-state index contributed by atoms with van der Waals surface area (Å²) in [5, 5.41) is 2.76. The third kappa shape index (κ3) is 3.14. The predicted molar refractivity (Wildman–Crippen MR) is 98.8 cm³/mol. The Hall–Kier alpha value is -2.19. The molecular weight excluding hydrogens is 400 g/mol. The Kier molecular flexibility index (Phi) is 4.54. The van der Waals surface area contributed by atoms with Crippen molar-refractivity contribution in [3.8, 4) is 0 Å². The molecule has 2 aliphatic heterocycles. The number of hydrogen-bond donors (Lipinski definition) is 2. The molecule has 0 radical (unpaired) electrons. The average molecular weight is 419 g/mol. The molecule has 1 aromatic carbocycles. The van der Waals surface area contributed by atoms with Crippen molar-refractivity contribution in [3.63, 3.8) is 0 Å². The molecule has 1 aromatic heterocycles. The molecule has 2 aliphatic rings. The number of aromatic amines is 1. The molecule has 3 atom stereocenters. The highest BCUT2D eigenvalue weighted by Crippen LogP contribution is 2.42. The molecular formula is C18H19BrN4O3. The fourth-order valence-electron chi connectivity index (χ4n) is 3.43. The second kappa shape index (κ2) is 6.85. The van der Waals surface area contributed by atoms with Crippen molar-refractivity contribution < 1.29 is 14.3 Å². The first-order valence-corrected chi connectivity index (χ1v) is 9.28. The van der Waals surface area contributed by atoms with Crippen LogP contribution >= 0.6 is 15.9 Å². The van der Waals surface area contributed by atoms with Crippen molar-refractivity contribution in [2.75, 3.05) is 13.2 Å². The number of amidine groups is 1. The third-order valence-corrected chi connectivity index (χ3v) is 5.22. The summed E-state index contributed by atoms with van der Waals surface area (Å²) in [5.41, 5.74) is -0.153. The van der Waals surface area contributed by atoms with Gasteiger partial charge in [-0.1, -0.05) is 18.2 Å². The highest BCUT2D eigenvalue weighted by Gasteiger charge is 2.50. The van der Waals surface area contributed by atoms with Crippen LogP contribution in [0, 0.1) is 5.92 Å². The van der Waals surface area contributed by atoms with Gasteiger partial charge in [0.15, 0.2) is 5.54 Å². The monoisotopic (exact) mass is 418 g/mol. The van der Waals surface area contributed by atoms with E-state index in [0.717, 1.165) is 11.0 Å². The molecule has 1 amide bonds.